The van der Waals surface area contributed by atoms with Crippen LogP contribution in [0, 0.1) is 17.5 Å². The van der Waals surface area contributed by atoms with Crippen molar-refractivity contribution in [2.24, 2.45) is 0 Å². The van der Waals surface area contributed by atoms with Crippen LogP contribution in [0.15, 0.2) is 41.3 Å². The molecule has 0 spiro atoms. The lowest BCUT2D eigenvalue weighted by molar-refractivity contribution is -0.140. The Bertz CT molecular complexity index is 1070. The minimum absolute atomic E-state index is 0.136. The average Bonchev–Trinajstić information content (AvgIpc) is 2.64. The summed E-state index contributed by atoms with van der Waals surface area (Å²) in [4.78, 5) is 28.5. The molecule has 9 heteroatoms. The van der Waals surface area contributed by atoms with Gasteiger partial charge in [-0.3, -0.25) is 14.0 Å². The van der Waals surface area contributed by atoms with Gasteiger partial charge in [0.2, 0.25) is 5.88 Å². The van der Waals surface area contributed by atoms with Crippen molar-refractivity contribution in [3.8, 4) is 5.88 Å². The molecule has 0 aliphatic carbocycles. The predicted molar refractivity (Wildman–Crippen MR) is 87.9 cm³/mol. The summed E-state index contributed by atoms with van der Waals surface area (Å²) in [5.74, 6) is -7.49. The van der Waals surface area contributed by atoms with Gasteiger partial charge < -0.3 is 9.84 Å². The van der Waals surface area contributed by atoms with Gasteiger partial charge in [0.1, 0.15) is 5.65 Å². The standard InChI is InChI=1S/C18H13F3N2O4/c1-27-14(24)8-10(9-6-11(19)16(21)12(20)7-9)15-17(25)22-13-4-2-3-5-23(13)18(15)26/h2-7,10,25H,8H2,1H3. The second-order valence-electron chi connectivity index (χ2n) is 5.71. The first-order valence-electron chi connectivity index (χ1n) is 7.75. The molecule has 0 aliphatic rings. The number of benzene rings is 1. The molecule has 0 fully saturated rings. The molecule has 1 unspecified atom stereocenters. The Morgan fingerprint density at radius 2 is 1.93 bits per heavy atom. The van der Waals surface area contributed by atoms with Crippen molar-refractivity contribution in [1.82, 2.24) is 9.38 Å². The third kappa shape index (κ3) is 3.35. The highest BCUT2D eigenvalue weighted by molar-refractivity contribution is 5.71. The Hall–Kier alpha value is -3.36. The van der Waals surface area contributed by atoms with Crippen LogP contribution in [-0.2, 0) is 9.53 Å². The van der Waals surface area contributed by atoms with E-state index in [0.717, 1.165) is 11.5 Å². The second-order valence-corrected chi connectivity index (χ2v) is 5.71. The molecular formula is C18H13F3N2O4. The van der Waals surface area contributed by atoms with Gasteiger partial charge in [-0.1, -0.05) is 6.07 Å². The van der Waals surface area contributed by atoms with E-state index in [2.05, 4.69) is 9.72 Å². The number of nitrogens with zero attached hydrogens (tertiary/aromatic N) is 2. The van der Waals surface area contributed by atoms with E-state index in [1.165, 1.54) is 12.3 Å². The monoisotopic (exact) mass is 378 g/mol. The second kappa shape index (κ2) is 7.10. The number of carbonyl (C=O) groups excluding carboxylic acids is 1. The van der Waals surface area contributed by atoms with Gasteiger partial charge in [0.25, 0.3) is 5.56 Å². The number of pyridine rings is 1. The average molecular weight is 378 g/mol. The number of rotatable bonds is 4. The molecule has 0 aliphatic heterocycles. The number of fused-ring (bicyclic) bond motifs is 1. The number of aromatic nitrogens is 2. The lowest BCUT2D eigenvalue weighted by Gasteiger charge is -2.18. The molecule has 3 aromatic rings. The van der Waals surface area contributed by atoms with Gasteiger partial charge in [-0.05, 0) is 29.8 Å². The van der Waals surface area contributed by atoms with Crippen LogP contribution in [0.4, 0.5) is 13.2 Å². The molecule has 2 aromatic heterocycles. The highest BCUT2D eigenvalue weighted by Crippen LogP contribution is 2.32. The quantitative estimate of drug-likeness (QED) is 0.557. The summed E-state index contributed by atoms with van der Waals surface area (Å²) in [5, 5.41) is 10.3. The summed E-state index contributed by atoms with van der Waals surface area (Å²) in [7, 11) is 1.09. The number of esters is 1. The summed E-state index contributed by atoms with van der Waals surface area (Å²) in [6.07, 6.45) is 0.860. The van der Waals surface area contributed by atoms with Crippen molar-refractivity contribution in [3.63, 3.8) is 0 Å². The first-order valence-corrected chi connectivity index (χ1v) is 7.75. The molecule has 140 valence electrons. The molecule has 0 bridgehead atoms. The molecule has 3 rings (SSSR count). The smallest absolute Gasteiger partial charge is 0.306 e. The molecule has 2 heterocycles. The maximum Gasteiger partial charge on any atom is 0.306 e. The highest BCUT2D eigenvalue weighted by atomic mass is 19.2. The van der Waals surface area contributed by atoms with Crippen LogP contribution >= 0.6 is 0 Å². The number of carbonyl (C=O) groups is 1. The van der Waals surface area contributed by atoms with Crippen LogP contribution in [-0.4, -0.2) is 27.6 Å². The molecule has 0 amide bonds. The Morgan fingerprint density at radius 1 is 1.26 bits per heavy atom. The van der Waals surface area contributed by atoms with Crippen LogP contribution in [0.2, 0.25) is 0 Å². The Balaban J connectivity index is 2.28. The molecule has 0 saturated heterocycles. The molecule has 0 saturated carbocycles. The zero-order chi connectivity index (χ0) is 19.7. The van der Waals surface area contributed by atoms with Crippen molar-refractivity contribution < 1.29 is 27.8 Å². The summed E-state index contributed by atoms with van der Waals surface area (Å²) in [5.41, 5.74) is -1.19. The fourth-order valence-electron chi connectivity index (χ4n) is 2.81. The molecule has 1 aromatic carbocycles. The Labute approximate surface area is 150 Å². The fraction of sp³-hybridized carbons (Fsp3) is 0.167. The van der Waals surface area contributed by atoms with Gasteiger partial charge in [0, 0.05) is 12.1 Å². The Morgan fingerprint density at radius 3 is 2.56 bits per heavy atom. The fourth-order valence-corrected chi connectivity index (χ4v) is 2.81. The minimum Gasteiger partial charge on any atom is -0.493 e. The summed E-state index contributed by atoms with van der Waals surface area (Å²) in [6, 6.07) is 5.92. The van der Waals surface area contributed by atoms with Crippen LogP contribution in [0.3, 0.4) is 0 Å². The SMILES string of the molecule is COC(=O)CC(c1cc(F)c(F)c(F)c1)c1c(O)nc2ccccn2c1=O. The van der Waals surface area contributed by atoms with E-state index in [1.807, 2.05) is 0 Å². The molecule has 0 radical (unpaired) electrons. The molecule has 1 N–H and O–H groups in total. The number of methoxy groups -OCH3 is 1. The summed E-state index contributed by atoms with van der Waals surface area (Å²) in [6.45, 7) is 0. The van der Waals surface area contributed by atoms with Gasteiger partial charge in [-0.25, -0.2) is 13.2 Å². The molecule has 1 atom stereocenters. The van der Waals surface area contributed by atoms with Crippen LogP contribution < -0.4 is 5.56 Å². The maximum absolute atomic E-state index is 13.7. The number of hydrogen-bond acceptors (Lipinski definition) is 5. The van der Waals surface area contributed by atoms with Gasteiger partial charge in [0.15, 0.2) is 17.5 Å². The van der Waals surface area contributed by atoms with Crippen LogP contribution in [0.1, 0.15) is 23.5 Å². The maximum atomic E-state index is 13.7. The lowest BCUT2D eigenvalue weighted by atomic mass is 9.89. The van der Waals surface area contributed by atoms with Crippen molar-refractivity contribution in [3.05, 3.63) is 75.5 Å². The van der Waals surface area contributed by atoms with Crippen LogP contribution in [0.5, 0.6) is 5.88 Å². The lowest BCUT2D eigenvalue weighted by Crippen LogP contribution is -2.24. The van der Waals surface area contributed by atoms with Crippen molar-refractivity contribution in [1.29, 1.82) is 0 Å². The first-order chi connectivity index (χ1) is 12.8. The van der Waals surface area contributed by atoms with E-state index in [9.17, 15) is 27.9 Å². The number of hydrogen-bond donors (Lipinski definition) is 1. The molecule has 6 nitrogen and oxygen atoms in total. The third-order valence-electron chi connectivity index (χ3n) is 4.10. The van der Waals surface area contributed by atoms with E-state index in [0.29, 0.717) is 12.1 Å². The number of ether oxygens (including phenoxy) is 1. The van der Waals surface area contributed by atoms with Gasteiger partial charge in [0.05, 0.1) is 19.1 Å². The predicted octanol–water partition coefficient (Wildman–Crippen LogP) is 2.51. The van der Waals surface area contributed by atoms with Crippen LogP contribution in [0.25, 0.3) is 5.65 Å². The van der Waals surface area contributed by atoms with Gasteiger partial charge >= 0.3 is 5.97 Å². The van der Waals surface area contributed by atoms with E-state index >= 15 is 0 Å². The largest absolute Gasteiger partial charge is 0.493 e. The minimum atomic E-state index is -1.69. The summed E-state index contributed by atoms with van der Waals surface area (Å²) >= 11 is 0. The number of halogens is 3. The topological polar surface area (TPSA) is 80.9 Å². The normalized spacial score (nSPS) is 12.1. The van der Waals surface area contributed by atoms with Crippen molar-refractivity contribution in [2.75, 3.05) is 7.11 Å². The first kappa shape index (κ1) is 18.4. The number of aromatic hydroxyl groups is 1. The van der Waals surface area contributed by atoms with Gasteiger partial charge in [-0.15, -0.1) is 0 Å². The molecular weight excluding hydrogens is 365 g/mol. The zero-order valence-electron chi connectivity index (χ0n) is 13.9. The van der Waals surface area contributed by atoms with E-state index < -0.39 is 47.2 Å². The zero-order valence-corrected chi connectivity index (χ0v) is 13.9. The van der Waals surface area contributed by atoms with Crippen molar-refractivity contribution in [2.45, 2.75) is 12.3 Å². The van der Waals surface area contributed by atoms with E-state index in [4.69, 9.17) is 0 Å². The van der Waals surface area contributed by atoms with E-state index in [-0.39, 0.29) is 16.8 Å². The van der Waals surface area contributed by atoms with Crippen molar-refractivity contribution >= 4 is 11.6 Å². The highest BCUT2D eigenvalue weighted by Gasteiger charge is 2.28. The Kier molecular flexibility index (Phi) is 4.85. The van der Waals surface area contributed by atoms with E-state index in [1.54, 1.807) is 12.1 Å². The van der Waals surface area contributed by atoms with Gasteiger partial charge in [-0.2, -0.15) is 4.98 Å². The third-order valence-corrected chi connectivity index (χ3v) is 4.10. The summed E-state index contributed by atoms with van der Waals surface area (Å²) < 4.78 is 46.4. The molecule has 27 heavy (non-hydrogen) atoms.